The molecule has 3 aromatic rings. The highest BCUT2D eigenvalue weighted by Crippen LogP contribution is 2.29. The Morgan fingerprint density at radius 2 is 2.22 bits per heavy atom. The summed E-state index contributed by atoms with van der Waals surface area (Å²) in [6.07, 6.45) is 2.42. The van der Waals surface area contributed by atoms with Gasteiger partial charge in [0.15, 0.2) is 0 Å². The van der Waals surface area contributed by atoms with Crippen molar-refractivity contribution in [2.24, 2.45) is 5.92 Å². The molecule has 1 saturated heterocycles. The smallest absolute Gasteiger partial charge is 0.225 e. The Labute approximate surface area is 155 Å². The molecule has 1 atom stereocenters. The van der Waals surface area contributed by atoms with Crippen LogP contribution in [0.5, 0.6) is 0 Å². The first-order valence-corrected chi connectivity index (χ1v) is 8.82. The van der Waals surface area contributed by atoms with Gasteiger partial charge in [-0.2, -0.15) is 0 Å². The first-order valence-electron chi connectivity index (χ1n) is 8.82. The number of pyridine rings is 1. The SMILES string of the molecule is O=C(NCc1nc(-c2cccc(F)c2)c(-c2ccccn2)[nH]1)[C@H]1CCOC1. The average molecular weight is 366 g/mol. The van der Waals surface area contributed by atoms with Crippen LogP contribution in [0.4, 0.5) is 4.39 Å². The standard InChI is InChI=1S/C20H19FN4O2/c21-15-5-3-4-13(10-15)18-19(16-6-1-2-8-22-16)25-17(24-18)11-23-20(26)14-7-9-27-12-14/h1-6,8,10,14H,7,9,11-12H2,(H,23,26)(H,24,25)/t14-/m0/s1. The molecule has 3 heterocycles. The number of halogens is 1. The number of hydrogen-bond acceptors (Lipinski definition) is 4. The summed E-state index contributed by atoms with van der Waals surface area (Å²) < 4.78 is 19.0. The van der Waals surface area contributed by atoms with Gasteiger partial charge in [-0.3, -0.25) is 9.78 Å². The van der Waals surface area contributed by atoms with Crippen LogP contribution in [0.25, 0.3) is 22.6 Å². The summed E-state index contributed by atoms with van der Waals surface area (Å²) in [5, 5.41) is 2.89. The van der Waals surface area contributed by atoms with E-state index in [0.29, 0.717) is 41.7 Å². The number of carbonyl (C=O) groups is 1. The zero-order valence-corrected chi connectivity index (χ0v) is 14.6. The summed E-state index contributed by atoms with van der Waals surface area (Å²) in [7, 11) is 0. The molecular weight excluding hydrogens is 347 g/mol. The van der Waals surface area contributed by atoms with Crippen LogP contribution in [-0.4, -0.2) is 34.1 Å². The normalized spacial score (nSPS) is 16.4. The van der Waals surface area contributed by atoms with E-state index in [4.69, 9.17) is 4.74 Å². The molecule has 6 nitrogen and oxygen atoms in total. The van der Waals surface area contributed by atoms with E-state index in [2.05, 4.69) is 20.3 Å². The van der Waals surface area contributed by atoms with Crippen molar-refractivity contribution in [1.82, 2.24) is 20.3 Å². The maximum Gasteiger partial charge on any atom is 0.225 e. The molecular formula is C20H19FN4O2. The van der Waals surface area contributed by atoms with Crippen LogP contribution >= 0.6 is 0 Å². The van der Waals surface area contributed by atoms with Crippen molar-refractivity contribution in [2.45, 2.75) is 13.0 Å². The topological polar surface area (TPSA) is 79.9 Å². The Bertz CT molecular complexity index is 936. The fourth-order valence-corrected chi connectivity index (χ4v) is 3.10. The van der Waals surface area contributed by atoms with Gasteiger partial charge in [0.1, 0.15) is 11.6 Å². The number of hydrogen-bond donors (Lipinski definition) is 2. The zero-order chi connectivity index (χ0) is 18.6. The van der Waals surface area contributed by atoms with Gasteiger partial charge in [0.05, 0.1) is 36.2 Å². The van der Waals surface area contributed by atoms with Crippen LogP contribution in [-0.2, 0) is 16.1 Å². The first-order chi connectivity index (χ1) is 13.2. The van der Waals surface area contributed by atoms with Gasteiger partial charge in [0, 0.05) is 18.4 Å². The molecule has 1 aliphatic rings. The molecule has 0 unspecified atom stereocenters. The minimum Gasteiger partial charge on any atom is -0.381 e. The predicted octanol–water partition coefficient (Wildman–Crippen LogP) is 2.93. The highest BCUT2D eigenvalue weighted by atomic mass is 19.1. The molecule has 2 aromatic heterocycles. The van der Waals surface area contributed by atoms with Crippen molar-refractivity contribution in [3.8, 4) is 22.6 Å². The number of ether oxygens (including phenoxy) is 1. The Morgan fingerprint density at radius 3 is 2.96 bits per heavy atom. The van der Waals surface area contributed by atoms with Crippen LogP contribution in [0, 0.1) is 11.7 Å². The second-order valence-corrected chi connectivity index (χ2v) is 6.41. The van der Waals surface area contributed by atoms with Crippen LogP contribution in [0.3, 0.4) is 0 Å². The summed E-state index contributed by atoms with van der Waals surface area (Å²) in [4.78, 5) is 24.4. The molecule has 0 aliphatic carbocycles. The Balaban J connectivity index is 1.62. The van der Waals surface area contributed by atoms with E-state index in [9.17, 15) is 9.18 Å². The van der Waals surface area contributed by atoms with Crippen molar-refractivity contribution in [1.29, 1.82) is 0 Å². The van der Waals surface area contributed by atoms with Gasteiger partial charge in [-0.15, -0.1) is 0 Å². The number of aromatic amines is 1. The fourth-order valence-electron chi connectivity index (χ4n) is 3.10. The quantitative estimate of drug-likeness (QED) is 0.728. The monoisotopic (exact) mass is 366 g/mol. The second-order valence-electron chi connectivity index (χ2n) is 6.41. The molecule has 1 amide bonds. The highest BCUT2D eigenvalue weighted by molar-refractivity contribution is 5.79. The molecule has 27 heavy (non-hydrogen) atoms. The maximum absolute atomic E-state index is 13.7. The molecule has 138 valence electrons. The minimum atomic E-state index is -0.335. The summed E-state index contributed by atoms with van der Waals surface area (Å²) in [5.74, 6) is 0.0919. The molecule has 0 saturated carbocycles. The Hall–Kier alpha value is -3.06. The van der Waals surface area contributed by atoms with Gasteiger partial charge >= 0.3 is 0 Å². The second kappa shape index (κ2) is 7.67. The number of carbonyl (C=O) groups excluding carboxylic acids is 1. The van der Waals surface area contributed by atoms with Crippen LogP contribution < -0.4 is 5.32 Å². The number of H-pyrrole nitrogens is 1. The van der Waals surface area contributed by atoms with Crippen molar-refractivity contribution >= 4 is 5.91 Å². The van der Waals surface area contributed by atoms with Crippen molar-refractivity contribution < 1.29 is 13.9 Å². The van der Waals surface area contributed by atoms with E-state index in [1.165, 1.54) is 12.1 Å². The summed E-state index contributed by atoms with van der Waals surface area (Å²) in [6.45, 7) is 1.33. The van der Waals surface area contributed by atoms with E-state index in [-0.39, 0.29) is 24.2 Å². The number of aromatic nitrogens is 3. The van der Waals surface area contributed by atoms with Gasteiger partial charge in [0.2, 0.25) is 5.91 Å². The maximum atomic E-state index is 13.7. The number of rotatable bonds is 5. The van der Waals surface area contributed by atoms with E-state index in [1.807, 2.05) is 18.2 Å². The molecule has 2 N–H and O–H groups in total. The third-order valence-corrected chi connectivity index (χ3v) is 4.50. The van der Waals surface area contributed by atoms with Gasteiger partial charge in [-0.25, -0.2) is 9.37 Å². The zero-order valence-electron chi connectivity index (χ0n) is 14.6. The van der Waals surface area contributed by atoms with Gasteiger partial charge in [0.25, 0.3) is 0 Å². The van der Waals surface area contributed by atoms with Gasteiger partial charge in [-0.05, 0) is 30.7 Å². The minimum absolute atomic E-state index is 0.0457. The third kappa shape index (κ3) is 3.88. The number of nitrogens with one attached hydrogen (secondary N) is 2. The number of amides is 1. The van der Waals surface area contributed by atoms with Crippen LogP contribution in [0.1, 0.15) is 12.2 Å². The van der Waals surface area contributed by atoms with Gasteiger partial charge in [-0.1, -0.05) is 18.2 Å². The summed E-state index contributed by atoms with van der Waals surface area (Å²) >= 11 is 0. The predicted molar refractivity (Wildman–Crippen MR) is 98.0 cm³/mol. The molecule has 1 aromatic carbocycles. The van der Waals surface area contributed by atoms with Crippen LogP contribution in [0.15, 0.2) is 48.7 Å². The summed E-state index contributed by atoms with van der Waals surface area (Å²) in [6, 6.07) is 11.8. The molecule has 1 fully saturated rings. The molecule has 0 bridgehead atoms. The lowest BCUT2D eigenvalue weighted by Crippen LogP contribution is -2.30. The Morgan fingerprint density at radius 1 is 1.30 bits per heavy atom. The van der Waals surface area contributed by atoms with E-state index in [1.54, 1.807) is 18.3 Å². The average Bonchev–Trinajstić information content (AvgIpc) is 3.37. The van der Waals surface area contributed by atoms with Crippen LogP contribution in [0.2, 0.25) is 0 Å². The number of imidazole rings is 1. The lowest BCUT2D eigenvalue weighted by molar-refractivity contribution is -0.125. The molecule has 0 radical (unpaired) electrons. The molecule has 4 rings (SSSR count). The lowest BCUT2D eigenvalue weighted by Gasteiger charge is -2.07. The van der Waals surface area contributed by atoms with Crippen molar-refractivity contribution in [3.63, 3.8) is 0 Å². The third-order valence-electron chi connectivity index (χ3n) is 4.50. The van der Waals surface area contributed by atoms with Crippen molar-refractivity contribution in [3.05, 3.63) is 60.3 Å². The summed E-state index contributed by atoms with van der Waals surface area (Å²) in [5.41, 5.74) is 2.64. The number of nitrogens with zero attached hydrogens (tertiary/aromatic N) is 2. The van der Waals surface area contributed by atoms with Crippen molar-refractivity contribution in [2.75, 3.05) is 13.2 Å². The van der Waals surface area contributed by atoms with E-state index >= 15 is 0 Å². The van der Waals surface area contributed by atoms with Gasteiger partial charge < -0.3 is 15.0 Å². The Kier molecular flexibility index (Phi) is 4.93. The molecule has 1 aliphatic heterocycles. The van der Waals surface area contributed by atoms with E-state index < -0.39 is 0 Å². The molecule has 0 spiro atoms. The van der Waals surface area contributed by atoms with E-state index in [0.717, 1.165) is 6.42 Å². The largest absolute Gasteiger partial charge is 0.381 e. The highest BCUT2D eigenvalue weighted by Gasteiger charge is 2.23. The molecule has 7 heteroatoms. The fraction of sp³-hybridized carbons (Fsp3) is 0.250. The number of benzene rings is 1. The first kappa shape index (κ1) is 17.4. The lowest BCUT2D eigenvalue weighted by atomic mass is 10.1.